The SMILES string of the molecule is COc1ccccc1C=C1Oc2c(ccc3c2C(c2ccc(F)c(F)c2)CC(=O)O3)C1=O. The topological polar surface area (TPSA) is 61.8 Å². The molecule has 0 amide bonds. The fraction of sp³-hybridized carbons (Fsp3) is 0.120. The molecule has 0 saturated carbocycles. The van der Waals surface area contributed by atoms with Gasteiger partial charge in [0.1, 0.15) is 17.2 Å². The highest BCUT2D eigenvalue weighted by Gasteiger charge is 2.38. The summed E-state index contributed by atoms with van der Waals surface area (Å²) in [6, 6.07) is 13.7. The molecule has 2 aliphatic rings. The predicted molar refractivity (Wildman–Crippen MR) is 111 cm³/mol. The fourth-order valence-electron chi connectivity index (χ4n) is 4.05. The van der Waals surface area contributed by atoms with E-state index in [1.54, 1.807) is 18.2 Å². The van der Waals surface area contributed by atoms with Crippen LogP contribution in [-0.2, 0) is 4.79 Å². The summed E-state index contributed by atoms with van der Waals surface area (Å²) in [6.45, 7) is 0. The number of esters is 1. The summed E-state index contributed by atoms with van der Waals surface area (Å²) in [5, 5.41) is 0. The highest BCUT2D eigenvalue weighted by molar-refractivity contribution is 6.15. The van der Waals surface area contributed by atoms with E-state index >= 15 is 0 Å². The van der Waals surface area contributed by atoms with E-state index in [0.717, 1.165) is 12.1 Å². The van der Waals surface area contributed by atoms with Gasteiger partial charge in [0, 0.05) is 17.0 Å². The van der Waals surface area contributed by atoms with E-state index in [1.165, 1.54) is 25.3 Å². The number of para-hydroxylation sites is 1. The Morgan fingerprint density at radius 1 is 1.00 bits per heavy atom. The first-order valence-electron chi connectivity index (χ1n) is 9.86. The first kappa shape index (κ1) is 19.9. The van der Waals surface area contributed by atoms with Gasteiger partial charge >= 0.3 is 5.97 Å². The molecule has 3 aromatic rings. The van der Waals surface area contributed by atoms with Crippen LogP contribution in [0.3, 0.4) is 0 Å². The molecule has 1 unspecified atom stereocenters. The van der Waals surface area contributed by atoms with E-state index in [9.17, 15) is 18.4 Å². The number of rotatable bonds is 3. The van der Waals surface area contributed by atoms with Crippen molar-refractivity contribution in [1.82, 2.24) is 0 Å². The number of Topliss-reactive ketones (excluding diaryl/α,β-unsaturated/α-hetero) is 1. The van der Waals surface area contributed by atoms with Gasteiger partial charge in [-0.05, 0) is 42.0 Å². The Hall–Kier alpha value is -4.00. The van der Waals surface area contributed by atoms with Gasteiger partial charge in [-0.15, -0.1) is 0 Å². The summed E-state index contributed by atoms with van der Waals surface area (Å²) in [6.07, 6.45) is 1.48. The molecule has 0 radical (unpaired) electrons. The Morgan fingerprint density at radius 3 is 2.59 bits per heavy atom. The standard InChI is InChI=1S/C25H16F2O5/c1-30-19-5-3-2-4-14(19)11-21-24(29)15-7-9-20-23(25(15)32-21)16(12-22(28)31-20)13-6-8-17(26)18(27)10-13/h2-11,16H,12H2,1H3. The van der Waals surface area contributed by atoms with E-state index in [0.29, 0.717) is 28.0 Å². The molecule has 0 bridgehead atoms. The number of ether oxygens (including phenoxy) is 3. The first-order chi connectivity index (χ1) is 15.5. The largest absolute Gasteiger partial charge is 0.496 e. The molecule has 0 spiro atoms. The molecular formula is C25H16F2O5. The molecule has 2 heterocycles. The zero-order valence-electron chi connectivity index (χ0n) is 16.9. The van der Waals surface area contributed by atoms with Crippen LogP contribution in [-0.4, -0.2) is 18.9 Å². The molecule has 3 aromatic carbocycles. The second-order valence-corrected chi connectivity index (χ2v) is 7.44. The molecule has 0 fully saturated rings. The first-order valence-corrected chi connectivity index (χ1v) is 9.86. The number of carbonyl (C=O) groups excluding carboxylic acids is 2. The third kappa shape index (κ3) is 3.22. The number of methoxy groups -OCH3 is 1. The van der Waals surface area contributed by atoms with Crippen molar-refractivity contribution in [2.75, 3.05) is 7.11 Å². The smallest absolute Gasteiger partial charge is 0.312 e. The van der Waals surface area contributed by atoms with Gasteiger partial charge in [0.15, 0.2) is 17.4 Å². The normalized spacial score (nSPS) is 18.1. The highest BCUT2D eigenvalue weighted by atomic mass is 19.2. The molecule has 5 rings (SSSR count). The molecule has 32 heavy (non-hydrogen) atoms. The Kier molecular flexibility index (Phi) is 4.74. The van der Waals surface area contributed by atoms with Crippen molar-refractivity contribution in [1.29, 1.82) is 0 Å². The fourth-order valence-corrected chi connectivity index (χ4v) is 4.05. The average Bonchev–Trinajstić information content (AvgIpc) is 3.10. The maximum atomic E-state index is 13.9. The average molecular weight is 434 g/mol. The molecule has 0 N–H and O–H groups in total. The van der Waals surface area contributed by atoms with Crippen molar-refractivity contribution in [3.63, 3.8) is 0 Å². The van der Waals surface area contributed by atoms with Gasteiger partial charge in [0.2, 0.25) is 5.78 Å². The third-order valence-electron chi connectivity index (χ3n) is 5.55. The van der Waals surface area contributed by atoms with E-state index < -0.39 is 23.5 Å². The molecule has 5 nitrogen and oxygen atoms in total. The van der Waals surface area contributed by atoms with Crippen LogP contribution in [0.4, 0.5) is 8.78 Å². The van der Waals surface area contributed by atoms with Gasteiger partial charge in [0.05, 0.1) is 19.1 Å². The van der Waals surface area contributed by atoms with E-state index in [4.69, 9.17) is 14.2 Å². The van der Waals surface area contributed by atoms with Crippen LogP contribution in [0.2, 0.25) is 0 Å². The van der Waals surface area contributed by atoms with Gasteiger partial charge in [-0.1, -0.05) is 24.3 Å². The van der Waals surface area contributed by atoms with Crippen LogP contribution in [0.5, 0.6) is 17.2 Å². The quantitative estimate of drug-likeness (QED) is 0.329. The number of hydrogen-bond donors (Lipinski definition) is 0. The minimum absolute atomic E-state index is 0.0823. The van der Waals surface area contributed by atoms with Crippen molar-refractivity contribution in [3.05, 3.63) is 94.2 Å². The Morgan fingerprint density at radius 2 is 1.81 bits per heavy atom. The minimum atomic E-state index is -1.02. The summed E-state index contributed by atoms with van der Waals surface area (Å²) in [5.74, 6) is -2.40. The van der Waals surface area contributed by atoms with Crippen LogP contribution >= 0.6 is 0 Å². The van der Waals surface area contributed by atoms with Gasteiger partial charge in [-0.2, -0.15) is 0 Å². The number of carbonyl (C=O) groups is 2. The zero-order valence-corrected chi connectivity index (χ0v) is 16.9. The van der Waals surface area contributed by atoms with Crippen LogP contribution in [0.25, 0.3) is 6.08 Å². The summed E-state index contributed by atoms with van der Waals surface area (Å²) in [4.78, 5) is 25.2. The monoisotopic (exact) mass is 434 g/mol. The summed E-state index contributed by atoms with van der Waals surface area (Å²) in [7, 11) is 1.53. The Balaban J connectivity index is 1.62. The molecule has 2 aliphatic heterocycles. The van der Waals surface area contributed by atoms with Crippen LogP contribution in [0.1, 0.15) is 39.4 Å². The van der Waals surface area contributed by atoms with Crippen molar-refractivity contribution < 1.29 is 32.6 Å². The lowest BCUT2D eigenvalue weighted by atomic mass is 9.84. The molecule has 0 aromatic heterocycles. The van der Waals surface area contributed by atoms with Crippen LogP contribution < -0.4 is 14.2 Å². The van der Waals surface area contributed by atoms with Gasteiger partial charge in [-0.3, -0.25) is 9.59 Å². The summed E-state index contributed by atoms with van der Waals surface area (Å²) in [5.41, 5.74) is 1.79. The number of benzene rings is 3. The maximum absolute atomic E-state index is 13.9. The molecule has 7 heteroatoms. The van der Waals surface area contributed by atoms with Gasteiger partial charge in [-0.25, -0.2) is 8.78 Å². The zero-order chi connectivity index (χ0) is 22.4. The second kappa shape index (κ2) is 7.60. The lowest BCUT2D eigenvalue weighted by Gasteiger charge is -2.26. The van der Waals surface area contributed by atoms with Crippen molar-refractivity contribution in [3.8, 4) is 17.2 Å². The van der Waals surface area contributed by atoms with Gasteiger partial charge in [0.25, 0.3) is 0 Å². The number of ketones is 1. The van der Waals surface area contributed by atoms with E-state index in [-0.39, 0.29) is 29.5 Å². The summed E-state index contributed by atoms with van der Waals surface area (Å²) < 4.78 is 44.0. The predicted octanol–water partition coefficient (Wildman–Crippen LogP) is 5.03. The van der Waals surface area contributed by atoms with Crippen LogP contribution in [0, 0.1) is 11.6 Å². The Labute approximate surface area is 181 Å². The van der Waals surface area contributed by atoms with E-state index in [1.807, 2.05) is 12.1 Å². The van der Waals surface area contributed by atoms with Crippen molar-refractivity contribution in [2.24, 2.45) is 0 Å². The highest BCUT2D eigenvalue weighted by Crippen LogP contribution is 2.49. The third-order valence-corrected chi connectivity index (χ3v) is 5.55. The van der Waals surface area contributed by atoms with Crippen LogP contribution in [0.15, 0.2) is 60.4 Å². The molecule has 1 atom stereocenters. The molecule has 0 aliphatic carbocycles. The Bertz CT molecular complexity index is 1310. The number of halogens is 2. The number of allylic oxidation sites excluding steroid dienone is 1. The van der Waals surface area contributed by atoms with E-state index in [2.05, 4.69) is 0 Å². The lowest BCUT2D eigenvalue weighted by molar-refractivity contribution is -0.135. The number of hydrogen-bond acceptors (Lipinski definition) is 5. The van der Waals surface area contributed by atoms with Gasteiger partial charge < -0.3 is 14.2 Å². The van der Waals surface area contributed by atoms with Crippen molar-refractivity contribution in [2.45, 2.75) is 12.3 Å². The van der Waals surface area contributed by atoms with Crippen molar-refractivity contribution >= 4 is 17.8 Å². The second-order valence-electron chi connectivity index (χ2n) is 7.44. The molecule has 160 valence electrons. The summed E-state index contributed by atoms with van der Waals surface area (Å²) >= 11 is 0. The molecule has 0 saturated heterocycles. The maximum Gasteiger partial charge on any atom is 0.312 e. The minimum Gasteiger partial charge on any atom is -0.496 e. The molecular weight excluding hydrogens is 418 g/mol. The lowest BCUT2D eigenvalue weighted by Crippen LogP contribution is -2.21. The number of fused-ring (bicyclic) bond motifs is 3.